The highest BCUT2D eigenvalue weighted by Gasteiger charge is 2.22. The highest BCUT2D eigenvalue weighted by Crippen LogP contribution is 2.22. The molecule has 2 heterocycles. The molecule has 2 aromatic rings. The van der Waals surface area contributed by atoms with Gasteiger partial charge in [0, 0.05) is 6.54 Å². The molecule has 0 saturated carbocycles. The number of hydrogen-bond acceptors (Lipinski definition) is 4. The van der Waals surface area contributed by atoms with E-state index < -0.39 is 0 Å². The van der Waals surface area contributed by atoms with Crippen LogP contribution in [-0.2, 0) is 13.1 Å². The third kappa shape index (κ3) is 3.42. The van der Waals surface area contributed by atoms with Crippen molar-refractivity contribution in [2.45, 2.75) is 13.1 Å². The van der Waals surface area contributed by atoms with Gasteiger partial charge in [-0.25, -0.2) is 0 Å². The molecule has 1 aromatic carbocycles. The van der Waals surface area contributed by atoms with Gasteiger partial charge in [-0.3, -0.25) is 4.90 Å². The number of hydrogen-bond donors (Lipinski definition) is 0. The van der Waals surface area contributed by atoms with Crippen molar-refractivity contribution in [3.8, 4) is 0 Å². The second-order valence-corrected chi connectivity index (χ2v) is 6.35. The van der Waals surface area contributed by atoms with Gasteiger partial charge in [-0.1, -0.05) is 54.3 Å². The highest BCUT2D eigenvalue weighted by molar-refractivity contribution is 8.22. The Balaban J connectivity index is 1.63. The second-order valence-electron chi connectivity index (χ2n) is 4.77. The van der Waals surface area contributed by atoms with Gasteiger partial charge in [0.05, 0.1) is 25.4 Å². The van der Waals surface area contributed by atoms with Crippen LogP contribution in [0.1, 0.15) is 11.3 Å². The lowest BCUT2D eigenvalue weighted by atomic mass is 10.2. The lowest BCUT2D eigenvalue weighted by Crippen LogP contribution is -2.43. The van der Waals surface area contributed by atoms with Crippen LogP contribution in [-0.4, -0.2) is 26.7 Å². The first-order valence-electron chi connectivity index (χ1n) is 6.51. The Morgan fingerprint density at radius 3 is 2.70 bits per heavy atom. The summed E-state index contributed by atoms with van der Waals surface area (Å²) in [6, 6.07) is 14.4. The lowest BCUT2D eigenvalue weighted by molar-refractivity contribution is 0.189. The summed E-state index contributed by atoms with van der Waals surface area (Å²) in [5.41, 5.74) is 1.29. The molecule has 104 valence electrons. The maximum absolute atomic E-state index is 5.47. The fraction of sp³-hybridized carbons (Fsp3) is 0.267. The molecular formula is C15H16N2OS2. The van der Waals surface area contributed by atoms with E-state index in [9.17, 15) is 0 Å². The fourth-order valence-corrected chi connectivity index (χ4v) is 3.27. The summed E-state index contributed by atoms with van der Waals surface area (Å²) in [5, 5.41) is 0. The number of rotatable bonds is 4. The van der Waals surface area contributed by atoms with Gasteiger partial charge in [0.1, 0.15) is 10.1 Å². The molecule has 1 aliphatic rings. The van der Waals surface area contributed by atoms with Crippen molar-refractivity contribution in [3.05, 3.63) is 60.1 Å². The molecule has 0 aliphatic carbocycles. The summed E-state index contributed by atoms with van der Waals surface area (Å²) in [5.74, 6) is 1.92. The minimum absolute atomic E-state index is 0.827. The van der Waals surface area contributed by atoms with E-state index in [2.05, 4.69) is 34.1 Å². The number of thioether (sulfide) groups is 1. The Bertz CT molecular complexity index is 557. The molecule has 0 N–H and O–H groups in total. The molecule has 1 aliphatic heterocycles. The zero-order chi connectivity index (χ0) is 13.8. The summed E-state index contributed by atoms with van der Waals surface area (Å²) < 4.78 is 6.39. The summed E-state index contributed by atoms with van der Waals surface area (Å²) in [7, 11) is 0. The molecule has 0 bridgehead atoms. The molecule has 0 radical (unpaired) electrons. The summed E-state index contributed by atoms with van der Waals surface area (Å²) in [6.07, 6.45) is 1.72. The van der Waals surface area contributed by atoms with Crippen molar-refractivity contribution in [3.63, 3.8) is 0 Å². The molecule has 3 rings (SSSR count). The van der Waals surface area contributed by atoms with Crippen molar-refractivity contribution in [1.82, 2.24) is 9.80 Å². The van der Waals surface area contributed by atoms with Crippen LogP contribution < -0.4 is 0 Å². The van der Waals surface area contributed by atoms with Crippen LogP contribution in [0.25, 0.3) is 0 Å². The third-order valence-corrected chi connectivity index (χ3v) is 4.79. The van der Waals surface area contributed by atoms with Gasteiger partial charge in [-0.05, 0) is 17.7 Å². The number of furan rings is 1. The second kappa shape index (κ2) is 6.43. The Morgan fingerprint density at radius 2 is 1.95 bits per heavy atom. The van der Waals surface area contributed by atoms with E-state index in [1.54, 1.807) is 18.0 Å². The van der Waals surface area contributed by atoms with Crippen molar-refractivity contribution in [2.24, 2.45) is 0 Å². The average molecular weight is 304 g/mol. The first kappa shape index (κ1) is 13.7. The Labute approximate surface area is 128 Å². The smallest absolute Gasteiger partial charge is 0.138 e. The maximum Gasteiger partial charge on any atom is 0.138 e. The largest absolute Gasteiger partial charge is 0.468 e. The van der Waals surface area contributed by atoms with Gasteiger partial charge in [0.2, 0.25) is 0 Å². The first-order valence-corrected chi connectivity index (χ1v) is 7.91. The molecule has 1 aromatic heterocycles. The Morgan fingerprint density at radius 1 is 1.10 bits per heavy atom. The predicted molar refractivity (Wildman–Crippen MR) is 86.2 cm³/mol. The third-order valence-electron chi connectivity index (χ3n) is 3.18. The SMILES string of the molecule is S=C1SCN(Cc2ccco2)CN1Cc1ccccc1. The van der Waals surface area contributed by atoms with Gasteiger partial charge >= 0.3 is 0 Å². The molecule has 1 fully saturated rings. The minimum atomic E-state index is 0.827. The Hall–Kier alpha value is -1.30. The van der Waals surface area contributed by atoms with E-state index in [4.69, 9.17) is 16.6 Å². The molecule has 0 spiro atoms. The minimum Gasteiger partial charge on any atom is -0.468 e. The summed E-state index contributed by atoms with van der Waals surface area (Å²) >= 11 is 7.18. The van der Waals surface area contributed by atoms with Crippen molar-refractivity contribution >= 4 is 28.3 Å². The number of benzene rings is 1. The van der Waals surface area contributed by atoms with Crippen LogP contribution in [0, 0.1) is 0 Å². The monoisotopic (exact) mass is 304 g/mol. The van der Waals surface area contributed by atoms with Crippen LogP contribution in [0.15, 0.2) is 53.1 Å². The van der Waals surface area contributed by atoms with Crippen molar-refractivity contribution in [2.75, 3.05) is 12.5 Å². The van der Waals surface area contributed by atoms with Gasteiger partial charge in [0.15, 0.2) is 0 Å². The van der Waals surface area contributed by atoms with Gasteiger partial charge in [0.25, 0.3) is 0 Å². The average Bonchev–Trinajstić information content (AvgIpc) is 2.97. The predicted octanol–water partition coefficient (Wildman–Crippen LogP) is 3.53. The van der Waals surface area contributed by atoms with E-state index in [1.165, 1.54) is 5.56 Å². The molecule has 20 heavy (non-hydrogen) atoms. The van der Waals surface area contributed by atoms with Gasteiger partial charge in [-0.15, -0.1) is 0 Å². The Kier molecular flexibility index (Phi) is 4.40. The summed E-state index contributed by atoms with van der Waals surface area (Å²) in [4.78, 5) is 4.57. The first-order chi connectivity index (χ1) is 9.81. The van der Waals surface area contributed by atoms with Crippen molar-refractivity contribution in [1.29, 1.82) is 0 Å². The molecular weight excluding hydrogens is 288 g/mol. The zero-order valence-corrected chi connectivity index (χ0v) is 12.7. The maximum atomic E-state index is 5.47. The van der Waals surface area contributed by atoms with Crippen LogP contribution >= 0.6 is 24.0 Å². The molecule has 0 amide bonds. The van der Waals surface area contributed by atoms with Crippen LogP contribution in [0.5, 0.6) is 0 Å². The topological polar surface area (TPSA) is 19.6 Å². The van der Waals surface area contributed by atoms with Crippen LogP contribution in [0.2, 0.25) is 0 Å². The summed E-state index contributed by atoms with van der Waals surface area (Å²) in [6.45, 7) is 2.54. The van der Waals surface area contributed by atoms with Crippen LogP contribution in [0.3, 0.4) is 0 Å². The van der Waals surface area contributed by atoms with Gasteiger partial charge in [-0.2, -0.15) is 0 Å². The zero-order valence-electron chi connectivity index (χ0n) is 11.1. The van der Waals surface area contributed by atoms with Crippen molar-refractivity contribution < 1.29 is 4.42 Å². The van der Waals surface area contributed by atoms with E-state index in [0.717, 1.165) is 35.7 Å². The standard InChI is InChI=1S/C15H16N2OS2/c19-15-17(9-13-5-2-1-3-6-13)11-16(12-20-15)10-14-7-4-8-18-14/h1-8H,9-12H2. The molecule has 0 atom stereocenters. The van der Waals surface area contributed by atoms with E-state index >= 15 is 0 Å². The molecule has 1 saturated heterocycles. The van der Waals surface area contributed by atoms with E-state index in [-0.39, 0.29) is 0 Å². The molecule has 5 heteroatoms. The van der Waals surface area contributed by atoms with E-state index in [1.807, 2.05) is 18.2 Å². The number of thiocarbonyl (C=S) groups is 1. The normalized spacial score (nSPS) is 16.6. The molecule has 0 unspecified atom stereocenters. The lowest BCUT2D eigenvalue weighted by Gasteiger charge is -2.36. The fourth-order valence-electron chi connectivity index (χ4n) is 2.21. The quantitative estimate of drug-likeness (QED) is 0.803. The van der Waals surface area contributed by atoms with Crippen LogP contribution in [0.4, 0.5) is 0 Å². The molecule has 3 nitrogen and oxygen atoms in total. The van der Waals surface area contributed by atoms with Gasteiger partial charge < -0.3 is 9.32 Å². The van der Waals surface area contributed by atoms with E-state index in [0.29, 0.717) is 0 Å². The highest BCUT2D eigenvalue weighted by atomic mass is 32.2. The number of nitrogens with zero attached hydrogens (tertiary/aromatic N) is 2.